The van der Waals surface area contributed by atoms with E-state index in [9.17, 15) is 4.79 Å². The number of para-hydroxylation sites is 1. The number of nitrogens with zero attached hydrogens (tertiary/aromatic N) is 3. The van der Waals surface area contributed by atoms with E-state index in [0.29, 0.717) is 6.54 Å². The van der Waals surface area contributed by atoms with Crippen molar-refractivity contribution >= 4 is 17.7 Å². The molecule has 27 heavy (non-hydrogen) atoms. The molecule has 0 radical (unpaired) electrons. The monoisotopic (exact) mass is 380 g/mol. The normalized spacial score (nSPS) is 12.0. The zero-order chi connectivity index (χ0) is 19.4. The van der Waals surface area contributed by atoms with Crippen LogP contribution in [-0.2, 0) is 11.3 Å². The Hall–Kier alpha value is -2.60. The molecule has 0 fully saturated rings. The van der Waals surface area contributed by atoms with E-state index in [-0.39, 0.29) is 11.2 Å². The van der Waals surface area contributed by atoms with Crippen molar-refractivity contribution < 1.29 is 4.79 Å². The predicted molar refractivity (Wildman–Crippen MR) is 109 cm³/mol. The zero-order valence-corrected chi connectivity index (χ0v) is 16.9. The van der Waals surface area contributed by atoms with Gasteiger partial charge in [0.05, 0.1) is 10.9 Å². The first kappa shape index (κ1) is 19.2. The molecule has 0 aliphatic rings. The minimum absolute atomic E-state index is 0.0161. The summed E-state index contributed by atoms with van der Waals surface area (Å²) in [6.45, 7) is 8.44. The minimum atomic E-state index is -0.276. The lowest BCUT2D eigenvalue weighted by atomic mass is 10.1. The van der Waals surface area contributed by atoms with Gasteiger partial charge in [-0.2, -0.15) is 0 Å². The maximum Gasteiger partial charge on any atom is 0.233 e. The van der Waals surface area contributed by atoms with Gasteiger partial charge in [-0.05, 0) is 44.9 Å². The quantitative estimate of drug-likeness (QED) is 0.657. The van der Waals surface area contributed by atoms with E-state index in [4.69, 9.17) is 0 Å². The summed E-state index contributed by atoms with van der Waals surface area (Å²) in [5.74, 6) is 0.789. The number of carbonyl (C=O) groups is 1. The van der Waals surface area contributed by atoms with E-state index in [1.807, 2.05) is 67.8 Å². The van der Waals surface area contributed by atoms with Crippen LogP contribution in [-0.4, -0.2) is 25.9 Å². The van der Waals surface area contributed by atoms with Crippen LogP contribution >= 0.6 is 11.8 Å². The Morgan fingerprint density at radius 1 is 1.07 bits per heavy atom. The standard InChI is InChI=1S/C21H24N4OS/c1-14-9-11-18(12-10-14)13-22-20(26)16(3)27-21-24-23-17(4)25(21)19-8-6-5-7-15(19)2/h5-12,16H,13H2,1-4H3,(H,22,26). The lowest BCUT2D eigenvalue weighted by molar-refractivity contribution is -0.120. The molecule has 5 nitrogen and oxygen atoms in total. The van der Waals surface area contributed by atoms with Gasteiger partial charge in [0.2, 0.25) is 5.91 Å². The number of benzene rings is 2. The third-order valence-electron chi connectivity index (χ3n) is 4.39. The second-order valence-corrected chi connectivity index (χ2v) is 7.92. The van der Waals surface area contributed by atoms with Crippen LogP contribution in [0.1, 0.15) is 29.4 Å². The number of rotatable bonds is 6. The molecule has 1 N–H and O–H groups in total. The SMILES string of the molecule is Cc1ccc(CNC(=O)C(C)Sc2nnc(C)n2-c2ccccc2C)cc1. The molecule has 3 aromatic rings. The Balaban J connectivity index is 1.69. The molecule has 1 heterocycles. The van der Waals surface area contributed by atoms with Gasteiger partial charge in [0.15, 0.2) is 5.16 Å². The van der Waals surface area contributed by atoms with Crippen LogP contribution in [0.4, 0.5) is 0 Å². The topological polar surface area (TPSA) is 59.8 Å². The van der Waals surface area contributed by atoms with Gasteiger partial charge >= 0.3 is 0 Å². The summed E-state index contributed by atoms with van der Waals surface area (Å²) < 4.78 is 2.00. The summed E-state index contributed by atoms with van der Waals surface area (Å²) >= 11 is 1.42. The Morgan fingerprint density at radius 3 is 2.48 bits per heavy atom. The van der Waals surface area contributed by atoms with Crippen molar-refractivity contribution in [2.24, 2.45) is 0 Å². The van der Waals surface area contributed by atoms with Gasteiger partial charge in [0, 0.05) is 6.54 Å². The van der Waals surface area contributed by atoms with Crippen LogP contribution < -0.4 is 5.32 Å². The van der Waals surface area contributed by atoms with Crippen molar-refractivity contribution in [1.82, 2.24) is 20.1 Å². The molecule has 1 unspecified atom stereocenters. The first-order valence-electron chi connectivity index (χ1n) is 8.93. The number of amides is 1. The average molecular weight is 381 g/mol. The van der Waals surface area contributed by atoms with Gasteiger partial charge in [-0.1, -0.05) is 59.8 Å². The fraction of sp³-hybridized carbons (Fsp3) is 0.286. The van der Waals surface area contributed by atoms with Gasteiger partial charge in [-0.3, -0.25) is 9.36 Å². The Morgan fingerprint density at radius 2 is 1.78 bits per heavy atom. The molecular formula is C21H24N4OS. The van der Waals surface area contributed by atoms with Crippen molar-refractivity contribution in [3.05, 3.63) is 71.0 Å². The molecule has 1 aromatic heterocycles. The van der Waals surface area contributed by atoms with Gasteiger partial charge in [0.1, 0.15) is 5.82 Å². The number of hydrogen-bond donors (Lipinski definition) is 1. The van der Waals surface area contributed by atoms with Gasteiger partial charge in [-0.25, -0.2) is 0 Å². The summed E-state index contributed by atoms with van der Waals surface area (Å²) in [7, 11) is 0. The van der Waals surface area contributed by atoms with E-state index in [0.717, 1.165) is 27.8 Å². The van der Waals surface area contributed by atoms with Crippen molar-refractivity contribution in [3.63, 3.8) is 0 Å². The summed E-state index contributed by atoms with van der Waals surface area (Å²) in [5, 5.41) is 11.9. The number of aromatic nitrogens is 3. The highest BCUT2D eigenvalue weighted by molar-refractivity contribution is 8.00. The molecule has 0 saturated heterocycles. The molecule has 0 aliphatic heterocycles. The van der Waals surface area contributed by atoms with E-state index >= 15 is 0 Å². The fourth-order valence-electron chi connectivity index (χ4n) is 2.76. The maximum atomic E-state index is 12.5. The van der Waals surface area contributed by atoms with Crippen molar-refractivity contribution in [3.8, 4) is 5.69 Å². The van der Waals surface area contributed by atoms with Crippen LogP contribution in [0, 0.1) is 20.8 Å². The van der Waals surface area contributed by atoms with Crippen LogP contribution in [0.3, 0.4) is 0 Å². The first-order chi connectivity index (χ1) is 13.0. The van der Waals surface area contributed by atoms with E-state index in [1.54, 1.807) is 0 Å². The summed E-state index contributed by atoms with van der Waals surface area (Å²) in [6.07, 6.45) is 0. The maximum absolute atomic E-state index is 12.5. The highest BCUT2D eigenvalue weighted by Gasteiger charge is 2.20. The molecule has 1 amide bonds. The number of carbonyl (C=O) groups excluding carboxylic acids is 1. The van der Waals surface area contributed by atoms with E-state index < -0.39 is 0 Å². The molecule has 2 aromatic carbocycles. The summed E-state index contributed by atoms with van der Waals surface area (Å²) in [4.78, 5) is 12.5. The van der Waals surface area contributed by atoms with Crippen molar-refractivity contribution in [2.45, 2.75) is 44.6 Å². The van der Waals surface area contributed by atoms with Gasteiger partial charge < -0.3 is 5.32 Å². The number of thioether (sulfide) groups is 1. The number of aryl methyl sites for hydroxylation is 3. The molecule has 6 heteroatoms. The highest BCUT2D eigenvalue weighted by atomic mass is 32.2. The third-order valence-corrected chi connectivity index (χ3v) is 5.43. The molecule has 3 rings (SSSR count). The first-order valence-corrected chi connectivity index (χ1v) is 9.81. The highest BCUT2D eigenvalue weighted by Crippen LogP contribution is 2.27. The lowest BCUT2D eigenvalue weighted by Gasteiger charge is -2.14. The second-order valence-electron chi connectivity index (χ2n) is 6.62. The Labute approximate surface area is 164 Å². The number of nitrogens with one attached hydrogen (secondary N) is 1. The van der Waals surface area contributed by atoms with Crippen molar-refractivity contribution in [2.75, 3.05) is 0 Å². The molecule has 0 aliphatic carbocycles. The molecule has 0 saturated carbocycles. The average Bonchev–Trinajstić information content (AvgIpc) is 3.01. The Kier molecular flexibility index (Phi) is 5.96. The van der Waals surface area contributed by atoms with E-state index in [2.05, 4.69) is 28.5 Å². The molecule has 0 bridgehead atoms. The van der Waals surface area contributed by atoms with Crippen LogP contribution in [0.25, 0.3) is 5.69 Å². The summed E-state index contributed by atoms with van der Waals surface area (Å²) in [6, 6.07) is 16.3. The third kappa shape index (κ3) is 4.57. The molecular weight excluding hydrogens is 356 g/mol. The largest absolute Gasteiger partial charge is 0.351 e. The van der Waals surface area contributed by atoms with Crippen LogP contribution in [0.2, 0.25) is 0 Å². The lowest BCUT2D eigenvalue weighted by Crippen LogP contribution is -2.30. The smallest absolute Gasteiger partial charge is 0.233 e. The molecule has 1 atom stereocenters. The van der Waals surface area contributed by atoms with Crippen LogP contribution in [0.5, 0.6) is 0 Å². The van der Waals surface area contributed by atoms with Crippen molar-refractivity contribution in [1.29, 1.82) is 0 Å². The number of hydrogen-bond acceptors (Lipinski definition) is 4. The summed E-state index contributed by atoms with van der Waals surface area (Å²) in [5.41, 5.74) is 4.47. The second kappa shape index (κ2) is 8.39. The molecule has 0 spiro atoms. The minimum Gasteiger partial charge on any atom is -0.351 e. The fourth-order valence-corrected chi connectivity index (χ4v) is 3.69. The molecule has 140 valence electrons. The van der Waals surface area contributed by atoms with Crippen LogP contribution in [0.15, 0.2) is 53.7 Å². The zero-order valence-electron chi connectivity index (χ0n) is 16.1. The Bertz CT molecular complexity index is 934. The predicted octanol–water partition coefficient (Wildman–Crippen LogP) is 3.99. The van der Waals surface area contributed by atoms with Gasteiger partial charge in [-0.15, -0.1) is 10.2 Å². The van der Waals surface area contributed by atoms with E-state index in [1.165, 1.54) is 17.3 Å². The van der Waals surface area contributed by atoms with Gasteiger partial charge in [0.25, 0.3) is 0 Å².